The van der Waals surface area contributed by atoms with Crippen LogP contribution in [0.5, 0.6) is 0 Å². The van der Waals surface area contributed by atoms with E-state index >= 15 is 0 Å². The summed E-state index contributed by atoms with van der Waals surface area (Å²) in [6.07, 6.45) is 4.65. The molecule has 0 bridgehead atoms. The molecule has 0 radical (unpaired) electrons. The smallest absolute Gasteiger partial charge is 0.323 e. The molecule has 1 aliphatic heterocycles. The third-order valence-corrected chi connectivity index (χ3v) is 4.31. The van der Waals surface area contributed by atoms with E-state index in [0.717, 1.165) is 13.1 Å². The van der Waals surface area contributed by atoms with Crippen LogP contribution in [0.3, 0.4) is 0 Å². The molecule has 1 atom stereocenters. The second-order valence-electron chi connectivity index (χ2n) is 5.14. The standard InChI is InChI=1S/C11H19NO2/c1-3-10(2,9(13)14)12-7-11(8-12)5-4-6-11/h3-8H2,1-2H3,(H,13,14). The summed E-state index contributed by atoms with van der Waals surface area (Å²) >= 11 is 0. The molecule has 2 fully saturated rings. The third-order valence-electron chi connectivity index (χ3n) is 4.31. The van der Waals surface area contributed by atoms with Crippen LogP contribution in [0.4, 0.5) is 0 Å². The highest BCUT2D eigenvalue weighted by molar-refractivity contribution is 5.78. The maximum Gasteiger partial charge on any atom is 0.323 e. The molecule has 1 saturated carbocycles. The zero-order valence-corrected chi connectivity index (χ0v) is 9.05. The van der Waals surface area contributed by atoms with Crippen LogP contribution in [0.25, 0.3) is 0 Å². The van der Waals surface area contributed by atoms with Gasteiger partial charge >= 0.3 is 5.97 Å². The number of likely N-dealkylation sites (tertiary alicyclic amines) is 1. The summed E-state index contributed by atoms with van der Waals surface area (Å²) in [4.78, 5) is 13.3. The molecule has 0 aromatic rings. The molecule has 80 valence electrons. The summed E-state index contributed by atoms with van der Waals surface area (Å²) in [6.45, 7) is 5.81. The van der Waals surface area contributed by atoms with E-state index in [0.29, 0.717) is 11.8 Å². The van der Waals surface area contributed by atoms with Gasteiger partial charge in [0.05, 0.1) is 0 Å². The quantitative estimate of drug-likeness (QED) is 0.749. The minimum Gasteiger partial charge on any atom is -0.480 e. The van der Waals surface area contributed by atoms with Crippen molar-refractivity contribution in [3.05, 3.63) is 0 Å². The van der Waals surface area contributed by atoms with Gasteiger partial charge in [0.25, 0.3) is 0 Å². The maximum atomic E-state index is 11.2. The molecule has 1 heterocycles. The molecular formula is C11H19NO2. The lowest BCUT2D eigenvalue weighted by molar-refractivity contribution is -0.168. The van der Waals surface area contributed by atoms with Crippen molar-refractivity contribution in [2.24, 2.45) is 5.41 Å². The average molecular weight is 197 g/mol. The first-order valence-corrected chi connectivity index (χ1v) is 5.51. The number of aliphatic carboxylic acids is 1. The van der Waals surface area contributed by atoms with Crippen molar-refractivity contribution in [3.63, 3.8) is 0 Å². The van der Waals surface area contributed by atoms with Crippen LogP contribution < -0.4 is 0 Å². The van der Waals surface area contributed by atoms with Gasteiger partial charge in [0.2, 0.25) is 0 Å². The largest absolute Gasteiger partial charge is 0.480 e. The molecule has 2 aliphatic rings. The Kier molecular flexibility index (Phi) is 2.11. The number of nitrogens with zero attached hydrogens (tertiary/aromatic N) is 1. The Hall–Kier alpha value is -0.570. The topological polar surface area (TPSA) is 40.5 Å². The first-order chi connectivity index (χ1) is 6.52. The highest BCUT2D eigenvalue weighted by Gasteiger charge is 2.54. The van der Waals surface area contributed by atoms with Gasteiger partial charge in [0.15, 0.2) is 0 Å². The number of carboxylic acid groups (broad SMARTS) is 1. The summed E-state index contributed by atoms with van der Waals surface area (Å²) < 4.78 is 0. The van der Waals surface area contributed by atoms with E-state index in [2.05, 4.69) is 4.90 Å². The van der Waals surface area contributed by atoms with E-state index in [1.54, 1.807) is 0 Å². The Bertz CT molecular complexity index is 252. The Morgan fingerprint density at radius 3 is 2.36 bits per heavy atom. The lowest BCUT2D eigenvalue weighted by atomic mass is 9.62. The van der Waals surface area contributed by atoms with Crippen molar-refractivity contribution in [1.29, 1.82) is 0 Å². The molecule has 1 saturated heterocycles. The Balaban J connectivity index is 1.99. The average Bonchev–Trinajstić information content (AvgIpc) is 1.98. The maximum absolute atomic E-state index is 11.2. The van der Waals surface area contributed by atoms with Gasteiger partial charge in [-0.3, -0.25) is 9.69 Å². The van der Waals surface area contributed by atoms with Crippen molar-refractivity contribution < 1.29 is 9.90 Å². The molecule has 2 rings (SSSR count). The van der Waals surface area contributed by atoms with Gasteiger partial charge in [0, 0.05) is 13.1 Å². The summed E-state index contributed by atoms with van der Waals surface area (Å²) in [5, 5.41) is 9.19. The Labute approximate surface area is 85.1 Å². The Morgan fingerprint density at radius 1 is 1.50 bits per heavy atom. The minimum absolute atomic E-state index is 0.520. The molecule has 1 spiro atoms. The second-order valence-corrected chi connectivity index (χ2v) is 5.14. The van der Waals surface area contributed by atoms with Crippen molar-refractivity contribution in [1.82, 2.24) is 4.90 Å². The van der Waals surface area contributed by atoms with E-state index in [1.165, 1.54) is 19.3 Å². The Morgan fingerprint density at radius 2 is 2.07 bits per heavy atom. The molecular weight excluding hydrogens is 178 g/mol. The van der Waals surface area contributed by atoms with E-state index in [-0.39, 0.29) is 0 Å². The van der Waals surface area contributed by atoms with Crippen LogP contribution in [0.1, 0.15) is 39.5 Å². The fraction of sp³-hybridized carbons (Fsp3) is 0.909. The number of carbonyl (C=O) groups is 1. The van der Waals surface area contributed by atoms with Crippen LogP contribution in [-0.2, 0) is 4.79 Å². The van der Waals surface area contributed by atoms with Crippen molar-refractivity contribution in [3.8, 4) is 0 Å². The second kappa shape index (κ2) is 2.96. The molecule has 14 heavy (non-hydrogen) atoms. The predicted molar refractivity (Wildman–Crippen MR) is 54.2 cm³/mol. The summed E-state index contributed by atoms with van der Waals surface area (Å²) in [7, 11) is 0. The third kappa shape index (κ3) is 1.18. The normalized spacial score (nSPS) is 29.0. The molecule has 0 amide bonds. The molecule has 3 nitrogen and oxygen atoms in total. The van der Waals surface area contributed by atoms with Crippen molar-refractivity contribution in [2.45, 2.75) is 45.1 Å². The minimum atomic E-state index is -0.672. The molecule has 1 unspecified atom stereocenters. The zero-order valence-electron chi connectivity index (χ0n) is 9.05. The van der Waals surface area contributed by atoms with Crippen LogP contribution in [-0.4, -0.2) is 34.6 Å². The van der Waals surface area contributed by atoms with Gasteiger partial charge in [-0.15, -0.1) is 0 Å². The first-order valence-electron chi connectivity index (χ1n) is 5.51. The molecule has 0 aromatic carbocycles. The molecule has 0 aromatic heterocycles. The van der Waals surface area contributed by atoms with Gasteiger partial charge in [-0.25, -0.2) is 0 Å². The SMILES string of the molecule is CCC(C)(C(=O)O)N1CC2(CCC2)C1. The van der Waals surface area contributed by atoms with Crippen LogP contribution in [0.2, 0.25) is 0 Å². The van der Waals surface area contributed by atoms with Gasteiger partial charge in [-0.05, 0) is 31.6 Å². The highest BCUT2D eigenvalue weighted by Crippen LogP contribution is 2.50. The lowest BCUT2D eigenvalue weighted by Crippen LogP contribution is -2.68. The van der Waals surface area contributed by atoms with Crippen molar-refractivity contribution in [2.75, 3.05) is 13.1 Å². The summed E-state index contributed by atoms with van der Waals surface area (Å²) in [6, 6.07) is 0. The summed E-state index contributed by atoms with van der Waals surface area (Å²) in [5.41, 5.74) is -0.104. The van der Waals surface area contributed by atoms with E-state index in [4.69, 9.17) is 0 Å². The number of rotatable bonds is 3. The van der Waals surface area contributed by atoms with Crippen LogP contribution in [0.15, 0.2) is 0 Å². The monoisotopic (exact) mass is 197 g/mol. The molecule has 1 N–H and O–H groups in total. The number of carboxylic acids is 1. The van der Waals surface area contributed by atoms with Gasteiger partial charge < -0.3 is 5.11 Å². The number of hydrogen-bond acceptors (Lipinski definition) is 2. The highest BCUT2D eigenvalue weighted by atomic mass is 16.4. The fourth-order valence-electron chi connectivity index (χ4n) is 2.62. The van der Waals surface area contributed by atoms with Crippen LogP contribution in [0, 0.1) is 5.41 Å². The van der Waals surface area contributed by atoms with E-state index in [1.807, 2.05) is 13.8 Å². The number of hydrogen-bond donors (Lipinski definition) is 1. The predicted octanol–water partition coefficient (Wildman–Crippen LogP) is 1.73. The van der Waals surface area contributed by atoms with Crippen molar-refractivity contribution >= 4 is 5.97 Å². The lowest BCUT2D eigenvalue weighted by Gasteiger charge is -2.60. The molecule has 1 aliphatic carbocycles. The van der Waals surface area contributed by atoms with Gasteiger partial charge in [-0.1, -0.05) is 13.3 Å². The fourth-order valence-corrected chi connectivity index (χ4v) is 2.62. The van der Waals surface area contributed by atoms with Crippen LogP contribution >= 0.6 is 0 Å². The molecule has 3 heteroatoms. The zero-order chi connectivity index (χ0) is 10.4. The van der Waals surface area contributed by atoms with E-state index < -0.39 is 11.5 Å². The van der Waals surface area contributed by atoms with Gasteiger partial charge in [-0.2, -0.15) is 0 Å². The van der Waals surface area contributed by atoms with Gasteiger partial charge in [0.1, 0.15) is 5.54 Å². The first kappa shape index (κ1) is 9.97. The van der Waals surface area contributed by atoms with E-state index in [9.17, 15) is 9.90 Å². The summed E-state index contributed by atoms with van der Waals surface area (Å²) in [5.74, 6) is -0.672.